The third-order valence-corrected chi connectivity index (χ3v) is 4.67. The van der Waals surface area contributed by atoms with Gasteiger partial charge in [-0.3, -0.25) is 0 Å². The first-order valence-corrected chi connectivity index (χ1v) is 8.95. The number of aromatic nitrogens is 2. The van der Waals surface area contributed by atoms with Crippen LogP contribution in [0.4, 0.5) is 11.6 Å². The van der Waals surface area contributed by atoms with Gasteiger partial charge < -0.3 is 20.5 Å². The summed E-state index contributed by atoms with van der Waals surface area (Å²) < 4.78 is 6.19. The first kappa shape index (κ1) is 19.2. The summed E-state index contributed by atoms with van der Waals surface area (Å²) in [4.78, 5) is 8.92. The number of ether oxygens (including phenoxy) is 1. The first-order valence-electron chi connectivity index (χ1n) is 8.58. The highest BCUT2D eigenvalue weighted by Gasteiger charge is 2.17. The van der Waals surface area contributed by atoms with E-state index < -0.39 is 0 Å². The molecule has 0 saturated carbocycles. The third kappa shape index (κ3) is 4.40. The molecule has 1 fully saturated rings. The Hall–Kier alpha value is -2.57. The zero-order valence-electron chi connectivity index (χ0n) is 14.1. The van der Waals surface area contributed by atoms with E-state index in [9.17, 15) is 5.11 Å². The Balaban J connectivity index is 0.00000210. The molecule has 1 saturated heterocycles. The number of aromatic hydroxyl groups is 1. The molecule has 0 aliphatic carbocycles. The fraction of sp³-hybridized carbons (Fsp3) is 0.300. The summed E-state index contributed by atoms with van der Waals surface area (Å²) in [5, 5.41) is 17.4. The van der Waals surface area contributed by atoms with Crippen molar-refractivity contribution >= 4 is 34.1 Å². The van der Waals surface area contributed by atoms with E-state index in [4.69, 9.17) is 16.3 Å². The maximum absolute atomic E-state index is 9.60. The molecule has 0 amide bonds. The van der Waals surface area contributed by atoms with Crippen LogP contribution in [0.1, 0.15) is 20.3 Å². The molecule has 27 heavy (non-hydrogen) atoms. The van der Waals surface area contributed by atoms with Gasteiger partial charge in [0, 0.05) is 23.3 Å². The number of nitrogens with zero attached hydrogens (tertiary/aromatic N) is 2. The van der Waals surface area contributed by atoms with Gasteiger partial charge in [0.2, 0.25) is 5.95 Å². The van der Waals surface area contributed by atoms with Crippen molar-refractivity contribution in [3.05, 3.63) is 47.6 Å². The Morgan fingerprint density at radius 1 is 1.19 bits per heavy atom. The van der Waals surface area contributed by atoms with Crippen LogP contribution in [0.25, 0.3) is 10.9 Å². The van der Waals surface area contributed by atoms with Crippen LogP contribution >= 0.6 is 11.6 Å². The van der Waals surface area contributed by atoms with Crippen LogP contribution in [-0.4, -0.2) is 34.3 Å². The average Bonchev–Trinajstić information content (AvgIpc) is 2.65. The zero-order valence-corrected chi connectivity index (χ0v) is 14.8. The molecular weight excluding hydrogens is 364 g/mol. The van der Waals surface area contributed by atoms with Gasteiger partial charge in [0.1, 0.15) is 23.1 Å². The van der Waals surface area contributed by atoms with Gasteiger partial charge in [-0.2, -0.15) is 0 Å². The monoisotopic (exact) mass is 386 g/mol. The van der Waals surface area contributed by atoms with Crippen molar-refractivity contribution in [3.63, 3.8) is 0 Å². The van der Waals surface area contributed by atoms with E-state index in [-0.39, 0.29) is 19.3 Å². The molecule has 1 aliphatic rings. The molecule has 6 nitrogen and oxygen atoms in total. The number of piperidine rings is 1. The van der Waals surface area contributed by atoms with E-state index in [0.29, 0.717) is 27.9 Å². The van der Waals surface area contributed by atoms with Gasteiger partial charge in [-0.25, -0.2) is 9.97 Å². The van der Waals surface area contributed by atoms with Crippen LogP contribution in [0.3, 0.4) is 0 Å². The quantitative estimate of drug-likeness (QED) is 0.612. The van der Waals surface area contributed by atoms with Crippen molar-refractivity contribution < 1.29 is 9.84 Å². The number of fused-ring (bicyclic) bond motifs is 1. The summed E-state index contributed by atoms with van der Waals surface area (Å²) >= 11 is 6.31. The number of hydrogen-bond donors (Lipinski definition) is 3. The number of rotatable bonds is 4. The largest absolute Gasteiger partial charge is 0.508 e. The Kier molecular flexibility index (Phi) is 5.98. The standard InChI is InChI=1S/C19H19ClN4O2.CH4/c20-16-4-5-17(26-14-6-8-21-9-7-14)18-15(16)11-22-19(24-18)23-12-2-1-3-13(25)10-12;/h1-5,10-11,14,21,25H,6-9H2,(H,22,23,24);1H4. The Morgan fingerprint density at radius 2 is 2.00 bits per heavy atom. The number of hydrogen-bond acceptors (Lipinski definition) is 6. The molecule has 142 valence electrons. The van der Waals surface area contributed by atoms with Crippen LogP contribution in [0.2, 0.25) is 5.02 Å². The van der Waals surface area contributed by atoms with Gasteiger partial charge in [0.15, 0.2) is 0 Å². The molecule has 0 bridgehead atoms. The number of anilines is 2. The predicted molar refractivity (Wildman–Crippen MR) is 109 cm³/mol. The lowest BCUT2D eigenvalue weighted by molar-refractivity contribution is 0.164. The summed E-state index contributed by atoms with van der Waals surface area (Å²) in [6.45, 7) is 1.91. The second-order valence-corrected chi connectivity index (χ2v) is 6.65. The van der Waals surface area contributed by atoms with E-state index in [1.54, 1.807) is 24.4 Å². The number of benzene rings is 2. The number of phenolic OH excluding ortho intramolecular Hbond substituents is 1. The van der Waals surface area contributed by atoms with Crippen molar-refractivity contribution in [1.82, 2.24) is 15.3 Å². The lowest BCUT2D eigenvalue weighted by atomic mass is 10.1. The van der Waals surface area contributed by atoms with Crippen molar-refractivity contribution in [2.75, 3.05) is 18.4 Å². The minimum absolute atomic E-state index is 0. The first-order chi connectivity index (χ1) is 12.7. The second kappa shape index (κ2) is 8.41. The number of phenols is 1. The highest BCUT2D eigenvalue weighted by atomic mass is 35.5. The normalized spacial score (nSPS) is 14.6. The van der Waals surface area contributed by atoms with Gasteiger partial charge in [0.05, 0.1) is 5.02 Å². The molecule has 1 aliphatic heterocycles. The molecule has 3 aromatic rings. The Morgan fingerprint density at radius 3 is 2.78 bits per heavy atom. The predicted octanol–water partition coefficient (Wildman–Crippen LogP) is 4.50. The minimum Gasteiger partial charge on any atom is -0.508 e. The maximum atomic E-state index is 9.60. The Labute approximate surface area is 163 Å². The molecule has 7 heteroatoms. The summed E-state index contributed by atoms with van der Waals surface area (Å²) in [7, 11) is 0. The molecule has 0 spiro atoms. The van der Waals surface area contributed by atoms with Crippen LogP contribution in [0, 0.1) is 0 Å². The fourth-order valence-corrected chi connectivity index (χ4v) is 3.22. The SMILES string of the molecule is C.Oc1cccc(Nc2ncc3c(Cl)ccc(OC4CCNCC4)c3n2)c1. The zero-order chi connectivity index (χ0) is 17.9. The Bertz CT molecular complexity index is 929. The summed E-state index contributed by atoms with van der Waals surface area (Å²) in [6, 6.07) is 10.5. The lowest BCUT2D eigenvalue weighted by Gasteiger charge is -2.24. The molecule has 2 aromatic carbocycles. The topological polar surface area (TPSA) is 79.3 Å². The molecule has 2 heterocycles. The third-order valence-electron chi connectivity index (χ3n) is 4.34. The molecular formula is C20H23ClN4O2. The smallest absolute Gasteiger partial charge is 0.227 e. The summed E-state index contributed by atoms with van der Waals surface area (Å²) in [5.74, 6) is 1.30. The molecule has 0 radical (unpaired) electrons. The second-order valence-electron chi connectivity index (χ2n) is 6.24. The number of nitrogens with one attached hydrogen (secondary N) is 2. The van der Waals surface area contributed by atoms with Gasteiger partial charge >= 0.3 is 0 Å². The van der Waals surface area contributed by atoms with Crippen molar-refractivity contribution in [3.8, 4) is 11.5 Å². The van der Waals surface area contributed by atoms with E-state index in [1.807, 2.05) is 18.2 Å². The average molecular weight is 387 g/mol. The van der Waals surface area contributed by atoms with Crippen LogP contribution in [0.15, 0.2) is 42.6 Å². The molecule has 3 N–H and O–H groups in total. The molecule has 4 rings (SSSR count). The minimum atomic E-state index is 0. The highest BCUT2D eigenvalue weighted by Crippen LogP contribution is 2.32. The lowest BCUT2D eigenvalue weighted by Crippen LogP contribution is -2.34. The van der Waals surface area contributed by atoms with Crippen molar-refractivity contribution in [2.45, 2.75) is 26.4 Å². The van der Waals surface area contributed by atoms with E-state index in [1.165, 1.54) is 0 Å². The fourth-order valence-electron chi connectivity index (χ4n) is 3.02. The van der Waals surface area contributed by atoms with Crippen molar-refractivity contribution in [1.29, 1.82) is 0 Å². The highest BCUT2D eigenvalue weighted by molar-refractivity contribution is 6.35. The van der Waals surface area contributed by atoms with Crippen LogP contribution in [-0.2, 0) is 0 Å². The van der Waals surface area contributed by atoms with Gasteiger partial charge in [0.25, 0.3) is 0 Å². The van der Waals surface area contributed by atoms with Gasteiger partial charge in [-0.1, -0.05) is 25.1 Å². The molecule has 0 unspecified atom stereocenters. The molecule has 0 atom stereocenters. The van der Waals surface area contributed by atoms with Gasteiger partial charge in [-0.05, 0) is 50.2 Å². The van der Waals surface area contributed by atoms with Gasteiger partial charge in [-0.15, -0.1) is 0 Å². The maximum Gasteiger partial charge on any atom is 0.227 e. The molecule has 1 aromatic heterocycles. The summed E-state index contributed by atoms with van der Waals surface area (Å²) in [6.07, 6.45) is 3.77. The van der Waals surface area contributed by atoms with Crippen molar-refractivity contribution in [2.24, 2.45) is 0 Å². The van der Waals surface area contributed by atoms with E-state index in [2.05, 4.69) is 20.6 Å². The van der Waals surface area contributed by atoms with E-state index >= 15 is 0 Å². The number of halogens is 1. The summed E-state index contributed by atoms with van der Waals surface area (Å²) in [5.41, 5.74) is 1.38. The van der Waals surface area contributed by atoms with Crippen LogP contribution in [0.5, 0.6) is 11.5 Å². The van der Waals surface area contributed by atoms with Crippen LogP contribution < -0.4 is 15.4 Å². The van der Waals surface area contributed by atoms with E-state index in [0.717, 1.165) is 31.3 Å².